The molecule has 0 bridgehead atoms. The van der Waals surface area contributed by atoms with Crippen LogP contribution >= 0.6 is 39.9 Å². The third-order valence-electron chi connectivity index (χ3n) is 4.58. The van der Waals surface area contributed by atoms with Crippen LogP contribution < -0.4 is 15.5 Å². The molecule has 8 heteroatoms. The van der Waals surface area contributed by atoms with E-state index in [2.05, 4.69) is 59.6 Å². The molecule has 1 aliphatic rings. The molecule has 28 heavy (non-hydrogen) atoms. The monoisotopic (exact) mass is 559 g/mol. The average Bonchev–Trinajstić information content (AvgIpc) is 3.15. The highest BCUT2D eigenvalue weighted by Gasteiger charge is 2.24. The fourth-order valence-corrected chi connectivity index (χ4v) is 3.72. The van der Waals surface area contributed by atoms with Gasteiger partial charge in [0.25, 0.3) is 0 Å². The van der Waals surface area contributed by atoms with Crippen molar-refractivity contribution in [2.45, 2.75) is 25.5 Å². The van der Waals surface area contributed by atoms with E-state index in [1.54, 1.807) is 12.4 Å². The van der Waals surface area contributed by atoms with Gasteiger partial charge in [-0.25, -0.2) is 0 Å². The highest BCUT2D eigenvalue weighted by molar-refractivity contribution is 14.0. The summed E-state index contributed by atoms with van der Waals surface area (Å²) in [6.07, 6.45) is 3.77. The standard InChI is InChI=1S/C20H26BrN5O.HI/c1-2-23-20(24-13-19(27)15-7-10-22-11-8-15)25-16-9-12-26(14-16)18-6-4-3-5-17(18)21;/h3-8,10-11,16,19,27H,2,9,12-14H2,1H3,(H2,23,24,25);1H. The van der Waals surface area contributed by atoms with Crippen LogP contribution in [0, 0.1) is 0 Å². The quantitative estimate of drug-likeness (QED) is 0.288. The van der Waals surface area contributed by atoms with E-state index in [1.165, 1.54) is 5.69 Å². The number of anilines is 1. The largest absolute Gasteiger partial charge is 0.386 e. The smallest absolute Gasteiger partial charge is 0.191 e. The van der Waals surface area contributed by atoms with E-state index in [1.807, 2.05) is 25.1 Å². The summed E-state index contributed by atoms with van der Waals surface area (Å²) in [5, 5.41) is 17.1. The fourth-order valence-electron chi connectivity index (χ4n) is 3.19. The summed E-state index contributed by atoms with van der Waals surface area (Å²) in [5.41, 5.74) is 2.04. The van der Waals surface area contributed by atoms with E-state index in [4.69, 9.17) is 0 Å². The Morgan fingerprint density at radius 2 is 2.07 bits per heavy atom. The fraction of sp³-hybridized carbons (Fsp3) is 0.400. The summed E-state index contributed by atoms with van der Waals surface area (Å²) in [4.78, 5) is 10.9. The molecule has 152 valence electrons. The lowest BCUT2D eigenvalue weighted by molar-refractivity contribution is 0.187. The first-order valence-electron chi connectivity index (χ1n) is 9.29. The SMILES string of the molecule is CCNC(=NCC(O)c1ccncc1)NC1CCN(c2ccccc2Br)C1.I. The van der Waals surface area contributed by atoms with Crippen molar-refractivity contribution in [3.63, 3.8) is 0 Å². The molecular formula is C20H27BrIN5O. The zero-order chi connectivity index (χ0) is 19.1. The number of aliphatic imine (C=N–C) groups is 1. The number of aliphatic hydroxyl groups is 1. The molecule has 6 nitrogen and oxygen atoms in total. The second-order valence-electron chi connectivity index (χ2n) is 6.54. The summed E-state index contributed by atoms with van der Waals surface area (Å²) in [7, 11) is 0. The summed E-state index contributed by atoms with van der Waals surface area (Å²) in [5.74, 6) is 0.740. The molecule has 0 aliphatic carbocycles. The molecule has 1 aromatic heterocycles. The Morgan fingerprint density at radius 3 is 2.79 bits per heavy atom. The first-order chi connectivity index (χ1) is 13.2. The first-order valence-corrected chi connectivity index (χ1v) is 10.1. The average molecular weight is 560 g/mol. The maximum absolute atomic E-state index is 10.3. The van der Waals surface area contributed by atoms with Gasteiger partial charge in [-0.2, -0.15) is 0 Å². The molecule has 3 N–H and O–H groups in total. The lowest BCUT2D eigenvalue weighted by atomic mass is 10.1. The van der Waals surface area contributed by atoms with Crippen LogP contribution in [0.25, 0.3) is 0 Å². The van der Waals surface area contributed by atoms with Crippen LogP contribution in [-0.4, -0.2) is 48.3 Å². The number of hydrogen-bond acceptors (Lipinski definition) is 4. The first kappa shape index (κ1) is 22.9. The van der Waals surface area contributed by atoms with Gasteiger partial charge < -0.3 is 20.6 Å². The van der Waals surface area contributed by atoms with Gasteiger partial charge in [0.2, 0.25) is 0 Å². The molecule has 0 saturated carbocycles. The highest BCUT2D eigenvalue weighted by Crippen LogP contribution is 2.28. The van der Waals surface area contributed by atoms with E-state index in [0.717, 1.165) is 42.1 Å². The van der Waals surface area contributed by atoms with Crippen LogP contribution in [0.1, 0.15) is 25.0 Å². The number of para-hydroxylation sites is 1. The van der Waals surface area contributed by atoms with Crippen molar-refractivity contribution < 1.29 is 5.11 Å². The Morgan fingerprint density at radius 1 is 1.32 bits per heavy atom. The Kier molecular flexibility index (Phi) is 9.46. The van der Waals surface area contributed by atoms with Crippen molar-refractivity contribution in [3.05, 3.63) is 58.8 Å². The molecule has 3 rings (SSSR count). The second-order valence-corrected chi connectivity index (χ2v) is 7.40. The van der Waals surface area contributed by atoms with Crippen LogP contribution in [0.4, 0.5) is 5.69 Å². The summed E-state index contributed by atoms with van der Waals surface area (Å²) >= 11 is 3.63. The van der Waals surface area contributed by atoms with E-state index in [-0.39, 0.29) is 24.0 Å². The van der Waals surface area contributed by atoms with Gasteiger partial charge in [0.1, 0.15) is 0 Å². The molecule has 2 heterocycles. The number of aromatic nitrogens is 1. The molecule has 2 aromatic rings. The molecule has 1 aromatic carbocycles. The van der Waals surface area contributed by atoms with Crippen molar-refractivity contribution in [1.82, 2.24) is 15.6 Å². The van der Waals surface area contributed by atoms with Gasteiger partial charge in [-0.15, -0.1) is 24.0 Å². The number of pyridine rings is 1. The lowest BCUT2D eigenvalue weighted by Crippen LogP contribution is -2.44. The van der Waals surface area contributed by atoms with Crippen LogP contribution in [0.3, 0.4) is 0 Å². The van der Waals surface area contributed by atoms with E-state index in [0.29, 0.717) is 12.6 Å². The highest BCUT2D eigenvalue weighted by atomic mass is 127. The van der Waals surface area contributed by atoms with Crippen molar-refractivity contribution in [2.75, 3.05) is 31.1 Å². The molecule has 1 aliphatic heterocycles. The molecule has 0 amide bonds. The number of guanidine groups is 1. The van der Waals surface area contributed by atoms with Gasteiger partial charge in [0, 0.05) is 42.5 Å². The molecular weight excluding hydrogens is 533 g/mol. The van der Waals surface area contributed by atoms with E-state index in [9.17, 15) is 5.11 Å². The normalized spacial score (nSPS) is 17.8. The van der Waals surface area contributed by atoms with Crippen LogP contribution in [0.2, 0.25) is 0 Å². The number of aliphatic hydroxyl groups excluding tert-OH is 1. The van der Waals surface area contributed by atoms with E-state index < -0.39 is 6.10 Å². The second kappa shape index (κ2) is 11.6. The predicted molar refractivity (Wildman–Crippen MR) is 128 cm³/mol. The maximum Gasteiger partial charge on any atom is 0.191 e. The minimum absolute atomic E-state index is 0. The Balaban J connectivity index is 0.00000280. The minimum atomic E-state index is -0.635. The van der Waals surface area contributed by atoms with Crippen molar-refractivity contribution in [3.8, 4) is 0 Å². The minimum Gasteiger partial charge on any atom is -0.386 e. The van der Waals surface area contributed by atoms with Crippen LogP contribution in [0.15, 0.2) is 58.3 Å². The van der Waals surface area contributed by atoms with Crippen molar-refractivity contribution in [2.24, 2.45) is 4.99 Å². The molecule has 1 saturated heterocycles. The number of hydrogen-bond donors (Lipinski definition) is 3. The zero-order valence-electron chi connectivity index (χ0n) is 15.9. The van der Waals surface area contributed by atoms with Gasteiger partial charge in [-0.1, -0.05) is 12.1 Å². The summed E-state index contributed by atoms with van der Waals surface area (Å²) < 4.78 is 1.12. The molecule has 2 atom stereocenters. The van der Waals surface area contributed by atoms with Gasteiger partial charge >= 0.3 is 0 Å². The topological polar surface area (TPSA) is 72.8 Å². The van der Waals surface area contributed by atoms with Crippen molar-refractivity contribution in [1.29, 1.82) is 0 Å². The van der Waals surface area contributed by atoms with Gasteiger partial charge in [-0.3, -0.25) is 9.98 Å². The summed E-state index contributed by atoms with van der Waals surface area (Å²) in [6, 6.07) is 12.2. The number of benzene rings is 1. The lowest BCUT2D eigenvalue weighted by Gasteiger charge is -2.21. The molecule has 0 spiro atoms. The Labute approximate surface area is 192 Å². The summed E-state index contributed by atoms with van der Waals surface area (Å²) in [6.45, 7) is 5.04. The number of nitrogens with one attached hydrogen (secondary N) is 2. The third kappa shape index (κ3) is 6.31. The third-order valence-corrected chi connectivity index (χ3v) is 5.25. The van der Waals surface area contributed by atoms with E-state index >= 15 is 0 Å². The van der Waals surface area contributed by atoms with Gasteiger partial charge in [0.05, 0.1) is 18.3 Å². The zero-order valence-corrected chi connectivity index (χ0v) is 19.8. The molecule has 0 radical (unpaired) electrons. The molecule has 2 unspecified atom stereocenters. The van der Waals surface area contributed by atoms with Crippen molar-refractivity contribution >= 4 is 51.6 Å². The molecule has 1 fully saturated rings. The number of rotatable bonds is 6. The Bertz CT molecular complexity index is 761. The number of halogens is 2. The predicted octanol–water partition coefficient (Wildman–Crippen LogP) is 3.33. The maximum atomic E-state index is 10.3. The van der Waals surface area contributed by atoms with Gasteiger partial charge in [-0.05, 0) is 59.1 Å². The number of nitrogens with zero attached hydrogens (tertiary/aromatic N) is 3. The Hall–Kier alpha value is -1.39. The van der Waals surface area contributed by atoms with Crippen LogP contribution in [0.5, 0.6) is 0 Å². The van der Waals surface area contributed by atoms with Gasteiger partial charge in [0.15, 0.2) is 5.96 Å². The van der Waals surface area contributed by atoms with Crippen LogP contribution in [-0.2, 0) is 0 Å².